The molecule has 0 saturated carbocycles. The molecule has 2 heterocycles. The monoisotopic (exact) mass is 331 g/mol. The predicted octanol–water partition coefficient (Wildman–Crippen LogP) is 1.60. The van der Waals surface area contributed by atoms with Crippen LogP contribution in [0.4, 0.5) is 0 Å². The molecule has 116 valence electrons. The highest BCUT2D eigenvalue weighted by Crippen LogP contribution is 2.38. The standard InChI is InChI=1S/C14H17NO4S.ClH/c1-20(17,18)10-2-3-13-11(8-10)12(16)9-14(19-13)4-6-15-7-5-14;/h2-3,8,15H,4-7,9H2,1H3;1H. The number of halogens is 1. The van der Waals surface area contributed by atoms with Crippen LogP contribution in [0, 0.1) is 0 Å². The molecule has 5 nitrogen and oxygen atoms in total. The third kappa shape index (κ3) is 3.07. The van der Waals surface area contributed by atoms with E-state index in [4.69, 9.17) is 4.74 Å². The molecule has 0 atom stereocenters. The first-order valence-corrected chi connectivity index (χ1v) is 8.56. The molecule has 1 aromatic carbocycles. The number of carbonyl (C=O) groups excluding carboxylic acids is 1. The lowest BCUT2D eigenvalue weighted by Gasteiger charge is -2.40. The highest BCUT2D eigenvalue weighted by Gasteiger charge is 2.41. The SMILES string of the molecule is CS(=O)(=O)c1ccc2c(c1)C(=O)CC1(CCNCC1)O2.Cl. The maximum absolute atomic E-state index is 12.3. The second-order valence-corrected chi connectivity index (χ2v) is 7.58. The van der Waals surface area contributed by atoms with Crippen LogP contribution in [0.25, 0.3) is 0 Å². The average Bonchev–Trinajstić information content (AvgIpc) is 2.38. The number of carbonyl (C=O) groups is 1. The molecule has 3 rings (SSSR count). The van der Waals surface area contributed by atoms with Gasteiger partial charge >= 0.3 is 0 Å². The van der Waals surface area contributed by atoms with Crippen LogP contribution < -0.4 is 10.1 Å². The maximum atomic E-state index is 12.3. The second-order valence-electron chi connectivity index (χ2n) is 5.57. The molecule has 2 aliphatic rings. The van der Waals surface area contributed by atoms with E-state index in [-0.39, 0.29) is 23.1 Å². The molecule has 0 unspecified atom stereocenters. The van der Waals surface area contributed by atoms with Crippen molar-refractivity contribution in [3.05, 3.63) is 23.8 Å². The lowest BCUT2D eigenvalue weighted by Crippen LogP contribution is -2.49. The maximum Gasteiger partial charge on any atom is 0.175 e. The smallest absolute Gasteiger partial charge is 0.175 e. The van der Waals surface area contributed by atoms with Crippen molar-refractivity contribution in [1.82, 2.24) is 5.32 Å². The van der Waals surface area contributed by atoms with Crippen LogP contribution >= 0.6 is 12.4 Å². The first-order valence-electron chi connectivity index (χ1n) is 6.67. The summed E-state index contributed by atoms with van der Waals surface area (Å²) in [5.74, 6) is 0.481. The molecule has 1 aromatic rings. The fourth-order valence-electron chi connectivity index (χ4n) is 2.87. The third-order valence-electron chi connectivity index (χ3n) is 4.00. The molecule has 0 radical (unpaired) electrons. The van der Waals surface area contributed by atoms with E-state index in [1.54, 1.807) is 6.07 Å². The van der Waals surface area contributed by atoms with Gasteiger partial charge in [-0.2, -0.15) is 0 Å². The van der Waals surface area contributed by atoms with Gasteiger partial charge in [-0.15, -0.1) is 12.4 Å². The van der Waals surface area contributed by atoms with E-state index in [1.807, 2.05) is 0 Å². The summed E-state index contributed by atoms with van der Waals surface area (Å²) in [7, 11) is -3.31. The molecule has 2 aliphatic heterocycles. The fourth-order valence-corrected chi connectivity index (χ4v) is 3.51. The van der Waals surface area contributed by atoms with Crippen LogP contribution in [-0.4, -0.2) is 39.1 Å². The molecule has 1 N–H and O–H groups in total. The minimum Gasteiger partial charge on any atom is -0.486 e. The summed E-state index contributed by atoms with van der Waals surface area (Å²) in [6.07, 6.45) is 3.06. The molecule has 0 aliphatic carbocycles. The number of Topliss-reactive ketones (excluding diaryl/α,β-unsaturated/α-hetero) is 1. The van der Waals surface area contributed by atoms with Gasteiger partial charge < -0.3 is 10.1 Å². The summed E-state index contributed by atoms with van der Waals surface area (Å²) in [6, 6.07) is 4.54. The summed E-state index contributed by atoms with van der Waals surface area (Å²) in [5.41, 5.74) is -0.0286. The van der Waals surface area contributed by atoms with E-state index in [0.29, 0.717) is 17.7 Å². The number of fused-ring (bicyclic) bond motifs is 1. The number of piperidine rings is 1. The van der Waals surface area contributed by atoms with E-state index >= 15 is 0 Å². The molecule has 1 fully saturated rings. The molecule has 1 saturated heterocycles. The minimum atomic E-state index is -3.31. The Bertz CT molecular complexity index is 666. The van der Waals surface area contributed by atoms with E-state index < -0.39 is 15.4 Å². The van der Waals surface area contributed by atoms with Crippen molar-refractivity contribution in [2.24, 2.45) is 0 Å². The zero-order chi connectivity index (χ0) is 14.4. The normalized spacial score (nSPS) is 20.3. The van der Waals surface area contributed by atoms with Crippen LogP contribution in [0.2, 0.25) is 0 Å². The number of benzene rings is 1. The van der Waals surface area contributed by atoms with Crippen LogP contribution in [0.3, 0.4) is 0 Å². The Kier molecular flexibility index (Phi) is 4.33. The van der Waals surface area contributed by atoms with Gasteiger partial charge in [0.1, 0.15) is 11.4 Å². The third-order valence-corrected chi connectivity index (χ3v) is 5.11. The predicted molar refractivity (Wildman–Crippen MR) is 81.2 cm³/mol. The van der Waals surface area contributed by atoms with Gasteiger partial charge in [-0.1, -0.05) is 0 Å². The van der Waals surface area contributed by atoms with Crippen LogP contribution in [0.15, 0.2) is 23.1 Å². The Morgan fingerprint density at radius 2 is 1.90 bits per heavy atom. The second kappa shape index (κ2) is 5.59. The highest BCUT2D eigenvalue weighted by atomic mass is 35.5. The number of ketones is 1. The molecule has 21 heavy (non-hydrogen) atoms. The Morgan fingerprint density at radius 1 is 1.24 bits per heavy atom. The van der Waals surface area contributed by atoms with E-state index in [9.17, 15) is 13.2 Å². The van der Waals surface area contributed by atoms with Crippen LogP contribution in [0.1, 0.15) is 29.6 Å². The van der Waals surface area contributed by atoms with E-state index in [1.165, 1.54) is 12.1 Å². The Hall–Kier alpha value is -1.11. The Morgan fingerprint density at radius 3 is 2.52 bits per heavy atom. The Balaban J connectivity index is 0.00000161. The summed E-state index contributed by atoms with van der Waals surface area (Å²) in [5, 5.41) is 3.25. The molecule has 1 spiro atoms. The molecule has 0 aromatic heterocycles. The molecule has 7 heteroatoms. The molecule has 0 amide bonds. The first-order chi connectivity index (χ1) is 9.40. The van der Waals surface area contributed by atoms with Crippen LogP contribution in [0.5, 0.6) is 5.75 Å². The van der Waals surface area contributed by atoms with Crippen molar-refractivity contribution in [2.45, 2.75) is 29.8 Å². The lowest BCUT2D eigenvalue weighted by atomic mass is 9.83. The minimum absolute atomic E-state index is 0. The van der Waals surface area contributed by atoms with Gasteiger partial charge in [0.2, 0.25) is 0 Å². The molecular formula is C14H18ClNO4S. The molecule has 0 bridgehead atoms. The van der Waals surface area contributed by atoms with Gasteiger partial charge in [0.05, 0.1) is 16.9 Å². The van der Waals surface area contributed by atoms with Gasteiger partial charge in [0.25, 0.3) is 0 Å². The number of rotatable bonds is 1. The molecular weight excluding hydrogens is 314 g/mol. The quantitative estimate of drug-likeness (QED) is 0.846. The summed E-state index contributed by atoms with van der Waals surface area (Å²) >= 11 is 0. The number of hydrogen-bond acceptors (Lipinski definition) is 5. The van der Waals surface area contributed by atoms with Crippen molar-refractivity contribution in [3.8, 4) is 5.75 Å². The fraction of sp³-hybridized carbons (Fsp3) is 0.500. The zero-order valence-corrected chi connectivity index (χ0v) is 13.4. The van der Waals surface area contributed by atoms with Crippen molar-refractivity contribution in [3.63, 3.8) is 0 Å². The summed E-state index contributed by atoms with van der Waals surface area (Å²) in [4.78, 5) is 12.5. The topological polar surface area (TPSA) is 72.5 Å². The zero-order valence-electron chi connectivity index (χ0n) is 11.7. The number of nitrogens with one attached hydrogen (secondary N) is 1. The van der Waals surface area contributed by atoms with Crippen molar-refractivity contribution in [2.75, 3.05) is 19.3 Å². The van der Waals surface area contributed by atoms with Crippen LogP contribution in [-0.2, 0) is 9.84 Å². The van der Waals surface area contributed by atoms with E-state index in [2.05, 4.69) is 5.32 Å². The summed E-state index contributed by atoms with van der Waals surface area (Å²) in [6.45, 7) is 1.67. The lowest BCUT2D eigenvalue weighted by molar-refractivity contribution is 0.0187. The van der Waals surface area contributed by atoms with Gasteiger partial charge in [-0.3, -0.25) is 4.79 Å². The first kappa shape index (κ1) is 16.3. The number of sulfone groups is 1. The number of ether oxygens (including phenoxy) is 1. The van der Waals surface area contributed by atoms with Gasteiger partial charge in [0.15, 0.2) is 15.6 Å². The largest absolute Gasteiger partial charge is 0.486 e. The van der Waals surface area contributed by atoms with Crippen molar-refractivity contribution in [1.29, 1.82) is 0 Å². The van der Waals surface area contributed by atoms with Gasteiger partial charge in [-0.25, -0.2) is 8.42 Å². The highest BCUT2D eigenvalue weighted by molar-refractivity contribution is 7.90. The van der Waals surface area contributed by atoms with Gasteiger partial charge in [-0.05, 0) is 31.3 Å². The van der Waals surface area contributed by atoms with Gasteiger partial charge in [0, 0.05) is 19.1 Å². The van der Waals surface area contributed by atoms with Crippen molar-refractivity contribution >= 4 is 28.0 Å². The number of hydrogen-bond donors (Lipinski definition) is 1. The average molecular weight is 332 g/mol. The Labute approximate surface area is 130 Å². The van der Waals surface area contributed by atoms with E-state index in [0.717, 1.165) is 32.2 Å². The van der Waals surface area contributed by atoms with Crippen molar-refractivity contribution < 1.29 is 17.9 Å². The summed E-state index contributed by atoms with van der Waals surface area (Å²) < 4.78 is 29.2.